The van der Waals surface area contributed by atoms with Crippen LogP contribution in [0.25, 0.3) is 28.2 Å². The first-order chi connectivity index (χ1) is 20.2. The van der Waals surface area contributed by atoms with Gasteiger partial charge in [0.2, 0.25) is 0 Å². The number of fused-ring (bicyclic) bond motifs is 1. The first-order valence-electron chi connectivity index (χ1n) is 13.9. The molecule has 0 radical (unpaired) electrons. The molecule has 0 aliphatic carbocycles. The number of amides is 1. The van der Waals surface area contributed by atoms with E-state index in [9.17, 15) is 4.79 Å². The van der Waals surface area contributed by atoms with E-state index in [1.807, 2.05) is 104 Å². The number of anilines is 2. The van der Waals surface area contributed by atoms with E-state index >= 15 is 0 Å². The second kappa shape index (κ2) is 11.0. The molecule has 2 aromatic carbocycles. The number of aromatic nitrogens is 4. The number of pyridine rings is 1. The molecule has 0 unspecified atom stereocenters. The number of nitrogen functional groups attached to an aromatic ring is 1. The van der Waals surface area contributed by atoms with Crippen molar-refractivity contribution in [2.24, 2.45) is 0 Å². The molecule has 0 atom stereocenters. The summed E-state index contributed by atoms with van der Waals surface area (Å²) < 4.78 is 13.4. The van der Waals surface area contributed by atoms with Gasteiger partial charge in [-0.05, 0) is 69.3 Å². The lowest BCUT2D eigenvalue weighted by Gasteiger charge is -2.36. The van der Waals surface area contributed by atoms with Crippen LogP contribution in [0.1, 0.15) is 20.8 Å². The highest BCUT2D eigenvalue weighted by Gasteiger charge is 2.26. The average molecular weight is 564 g/mol. The van der Waals surface area contributed by atoms with Crippen LogP contribution in [0.5, 0.6) is 11.5 Å². The number of hydrogen-bond donors (Lipinski definition) is 1. The molecular weight excluding hydrogens is 530 g/mol. The number of ether oxygens (including phenoxy) is 2. The lowest BCUT2D eigenvalue weighted by atomic mass is 10.1. The largest absolute Gasteiger partial charge is 0.457 e. The van der Waals surface area contributed by atoms with Gasteiger partial charge < -0.3 is 25.0 Å². The zero-order valence-electron chi connectivity index (χ0n) is 23.9. The first-order valence-corrected chi connectivity index (χ1v) is 13.9. The van der Waals surface area contributed by atoms with Crippen LogP contribution < -0.4 is 15.4 Å². The summed E-state index contributed by atoms with van der Waals surface area (Å²) in [6, 6.07) is 21.4. The second-order valence-electron chi connectivity index (χ2n) is 11.1. The molecular formula is C32H33N7O3. The van der Waals surface area contributed by atoms with Crippen LogP contribution in [0.2, 0.25) is 0 Å². The highest BCUT2D eigenvalue weighted by atomic mass is 16.6. The molecule has 10 nitrogen and oxygen atoms in total. The number of imidazole rings is 1. The Morgan fingerprint density at radius 2 is 1.55 bits per heavy atom. The predicted molar refractivity (Wildman–Crippen MR) is 163 cm³/mol. The molecule has 1 amide bonds. The van der Waals surface area contributed by atoms with Crippen molar-refractivity contribution in [2.45, 2.75) is 26.4 Å². The minimum absolute atomic E-state index is 0.278. The maximum atomic E-state index is 12.4. The summed E-state index contributed by atoms with van der Waals surface area (Å²) in [6.07, 6.45) is 5.06. The summed E-state index contributed by atoms with van der Waals surface area (Å²) in [5.41, 5.74) is 9.04. The van der Waals surface area contributed by atoms with E-state index in [4.69, 9.17) is 25.2 Å². The van der Waals surface area contributed by atoms with Gasteiger partial charge in [-0.15, -0.1) is 0 Å². The molecule has 10 heteroatoms. The van der Waals surface area contributed by atoms with Gasteiger partial charge in [0.15, 0.2) is 0 Å². The average Bonchev–Trinajstić information content (AvgIpc) is 3.38. The molecule has 0 saturated carbocycles. The van der Waals surface area contributed by atoms with Crippen LogP contribution in [-0.4, -0.2) is 62.1 Å². The van der Waals surface area contributed by atoms with Crippen molar-refractivity contribution >= 4 is 23.2 Å². The van der Waals surface area contributed by atoms with Crippen LogP contribution in [0.4, 0.5) is 16.4 Å². The van der Waals surface area contributed by atoms with E-state index in [0.29, 0.717) is 37.8 Å². The number of carbonyl (C=O) groups is 1. The number of carbonyl (C=O) groups excluding carboxylic acids is 1. The van der Waals surface area contributed by atoms with Crippen molar-refractivity contribution in [1.82, 2.24) is 24.3 Å². The smallest absolute Gasteiger partial charge is 0.410 e. The van der Waals surface area contributed by atoms with E-state index in [0.717, 1.165) is 39.7 Å². The zero-order valence-corrected chi connectivity index (χ0v) is 23.9. The van der Waals surface area contributed by atoms with E-state index in [1.165, 1.54) is 0 Å². The van der Waals surface area contributed by atoms with Crippen molar-refractivity contribution in [3.63, 3.8) is 0 Å². The standard InChI is InChI=1S/C32H33N7O3/c1-32(2,3)42-31(40)38-19-17-37(18-20-38)26-14-11-23(21-35-26)30-36-27(28-29(33)34-15-16-39(28)30)22-9-12-25(13-10-22)41-24-7-5-4-6-8-24/h4-16,21H,17-20H2,1-3H3,(H2,33,34). The van der Waals surface area contributed by atoms with Crippen molar-refractivity contribution in [3.05, 3.63) is 85.3 Å². The number of rotatable bonds is 5. The van der Waals surface area contributed by atoms with Crippen LogP contribution in [0.15, 0.2) is 85.3 Å². The third-order valence-corrected chi connectivity index (χ3v) is 6.95. The van der Waals surface area contributed by atoms with Crippen molar-refractivity contribution in [3.8, 4) is 34.1 Å². The fourth-order valence-corrected chi connectivity index (χ4v) is 4.92. The summed E-state index contributed by atoms with van der Waals surface area (Å²) in [7, 11) is 0. The molecule has 1 fully saturated rings. The Kier molecular flexibility index (Phi) is 7.12. The molecule has 4 heterocycles. The molecule has 214 valence electrons. The number of hydrogen-bond acceptors (Lipinski definition) is 8. The zero-order chi connectivity index (χ0) is 29.3. The van der Waals surface area contributed by atoms with Crippen molar-refractivity contribution < 1.29 is 14.3 Å². The van der Waals surface area contributed by atoms with Crippen LogP contribution in [0, 0.1) is 0 Å². The van der Waals surface area contributed by atoms with Gasteiger partial charge in [0.25, 0.3) is 0 Å². The summed E-state index contributed by atoms with van der Waals surface area (Å²) in [4.78, 5) is 30.4. The maximum Gasteiger partial charge on any atom is 0.410 e. The second-order valence-corrected chi connectivity index (χ2v) is 11.1. The lowest BCUT2D eigenvalue weighted by molar-refractivity contribution is 0.0240. The molecule has 6 rings (SSSR count). The van der Waals surface area contributed by atoms with Crippen LogP contribution >= 0.6 is 0 Å². The van der Waals surface area contributed by atoms with E-state index in [1.54, 1.807) is 11.1 Å². The van der Waals surface area contributed by atoms with Gasteiger partial charge in [0, 0.05) is 55.9 Å². The third kappa shape index (κ3) is 5.69. The predicted octanol–water partition coefficient (Wildman–Crippen LogP) is 5.89. The molecule has 1 aliphatic heterocycles. The van der Waals surface area contributed by atoms with Crippen LogP contribution in [0.3, 0.4) is 0 Å². The summed E-state index contributed by atoms with van der Waals surface area (Å²) in [6.45, 7) is 8.13. The number of para-hydroxylation sites is 1. The Bertz CT molecular complexity index is 1690. The molecule has 1 aliphatic rings. The minimum Gasteiger partial charge on any atom is -0.457 e. The summed E-state index contributed by atoms with van der Waals surface area (Å²) >= 11 is 0. The monoisotopic (exact) mass is 563 g/mol. The Balaban J connectivity index is 1.22. The van der Waals surface area contributed by atoms with Gasteiger partial charge in [-0.1, -0.05) is 18.2 Å². The molecule has 0 bridgehead atoms. The molecule has 0 spiro atoms. The van der Waals surface area contributed by atoms with Gasteiger partial charge in [0.1, 0.15) is 45.8 Å². The molecule has 2 N–H and O–H groups in total. The highest BCUT2D eigenvalue weighted by molar-refractivity contribution is 5.88. The number of nitrogens with two attached hydrogens (primary N) is 1. The van der Waals surface area contributed by atoms with E-state index in [-0.39, 0.29) is 6.09 Å². The molecule has 42 heavy (non-hydrogen) atoms. The Morgan fingerprint density at radius 1 is 0.857 bits per heavy atom. The van der Waals surface area contributed by atoms with Gasteiger partial charge in [-0.25, -0.2) is 19.7 Å². The summed E-state index contributed by atoms with van der Waals surface area (Å²) in [5, 5.41) is 0. The van der Waals surface area contributed by atoms with E-state index in [2.05, 4.69) is 9.88 Å². The highest BCUT2D eigenvalue weighted by Crippen LogP contribution is 2.33. The molecule has 3 aromatic heterocycles. The fourth-order valence-electron chi connectivity index (χ4n) is 4.92. The van der Waals surface area contributed by atoms with E-state index < -0.39 is 5.60 Å². The Morgan fingerprint density at radius 3 is 2.21 bits per heavy atom. The van der Waals surface area contributed by atoms with Crippen molar-refractivity contribution in [2.75, 3.05) is 36.8 Å². The first kappa shape index (κ1) is 27.1. The van der Waals surface area contributed by atoms with Gasteiger partial charge >= 0.3 is 6.09 Å². The normalized spacial score (nSPS) is 13.8. The lowest BCUT2D eigenvalue weighted by Crippen LogP contribution is -2.50. The minimum atomic E-state index is -0.510. The number of piperazine rings is 1. The van der Waals surface area contributed by atoms with Gasteiger partial charge in [-0.2, -0.15) is 0 Å². The van der Waals surface area contributed by atoms with Gasteiger partial charge in [-0.3, -0.25) is 4.40 Å². The quantitative estimate of drug-likeness (QED) is 0.282. The summed E-state index contributed by atoms with van der Waals surface area (Å²) in [5.74, 6) is 3.45. The van der Waals surface area contributed by atoms with Crippen molar-refractivity contribution in [1.29, 1.82) is 0 Å². The topological polar surface area (TPSA) is 111 Å². The fraction of sp³-hybridized carbons (Fsp3) is 0.250. The third-order valence-electron chi connectivity index (χ3n) is 6.95. The number of nitrogens with zero attached hydrogens (tertiary/aromatic N) is 6. The maximum absolute atomic E-state index is 12.4. The number of benzene rings is 2. The molecule has 5 aromatic rings. The van der Waals surface area contributed by atoms with Gasteiger partial charge in [0.05, 0.1) is 0 Å². The SMILES string of the molecule is CC(C)(C)OC(=O)N1CCN(c2ccc(-c3nc(-c4ccc(Oc5ccccc5)cc4)c4c(N)nccn34)cn2)CC1. The van der Waals surface area contributed by atoms with Crippen LogP contribution in [-0.2, 0) is 4.74 Å². The Labute approximate surface area is 244 Å². The molecule has 1 saturated heterocycles. The Hall–Kier alpha value is -5.12.